The van der Waals surface area contributed by atoms with Crippen molar-refractivity contribution in [1.29, 1.82) is 0 Å². The van der Waals surface area contributed by atoms with E-state index in [1.807, 2.05) is 85.8 Å². The van der Waals surface area contributed by atoms with Gasteiger partial charge in [0.15, 0.2) is 0 Å². The van der Waals surface area contributed by atoms with Crippen molar-refractivity contribution in [3.05, 3.63) is 101 Å². The second kappa shape index (κ2) is 8.90. The fraction of sp³-hybridized carbons (Fsp3) is 0.192. The Morgan fingerprint density at radius 3 is 1.74 bits per heavy atom. The van der Waals surface area contributed by atoms with Gasteiger partial charge in [-0.25, -0.2) is 4.99 Å². The summed E-state index contributed by atoms with van der Waals surface area (Å²) in [6.45, 7) is 4.05. The molecule has 0 fully saturated rings. The van der Waals surface area contributed by atoms with Crippen molar-refractivity contribution in [2.24, 2.45) is 4.99 Å². The highest BCUT2D eigenvalue weighted by atomic mass is 32.2. The van der Waals surface area contributed by atoms with Crippen molar-refractivity contribution < 1.29 is 14.2 Å². The van der Waals surface area contributed by atoms with Gasteiger partial charge in [-0.1, -0.05) is 42.5 Å². The molecule has 4 nitrogen and oxygen atoms in total. The predicted octanol–water partition coefficient (Wildman–Crippen LogP) is 6.69. The maximum atomic E-state index is 6.65. The second-order valence-electron chi connectivity index (χ2n) is 7.21. The van der Waals surface area contributed by atoms with Gasteiger partial charge in [-0.3, -0.25) is 0 Å². The van der Waals surface area contributed by atoms with E-state index in [4.69, 9.17) is 19.2 Å². The van der Waals surface area contributed by atoms with Crippen LogP contribution in [0.15, 0.2) is 95.2 Å². The Labute approximate surface area is 187 Å². The average molecular weight is 432 g/mol. The van der Waals surface area contributed by atoms with Gasteiger partial charge in [0, 0.05) is 16.7 Å². The number of hydrogen-bond donors (Lipinski definition) is 0. The first-order chi connectivity index (χ1) is 15.1. The van der Waals surface area contributed by atoms with Gasteiger partial charge < -0.3 is 14.2 Å². The van der Waals surface area contributed by atoms with Crippen LogP contribution in [-0.2, 0) is 9.67 Å². The Morgan fingerprint density at radius 1 is 0.742 bits per heavy atom. The van der Waals surface area contributed by atoms with Gasteiger partial charge in [-0.15, -0.1) is 0 Å². The number of para-hydroxylation sites is 1. The van der Waals surface area contributed by atoms with Crippen LogP contribution >= 0.6 is 11.8 Å². The first kappa shape index (κ1) is 21.1. The lowest BCUT2D eigenvalue weighted by Crippen LogP contribution is -2.32. The number of ether oxygens (including phenoxy) is 3. The Hall–Kier alpha value is -3.18. The van der Waals surface area contributed by atoms with Crippen molar-refractivity contribution >= 4 is 22.5 Å². The zero-order valence-electron chi connectivity index (χ0n) is 18.1. The van der Waals surface area contributed by atoms with Crippen molar-refractivity contribution in [2.75, 3.05) is 14.2 Å². The van der Waals surface area contributed by atoms with Gasteiger partial charge in [-0.05, 0) is 62.0 Å². The third kappa shape index (κ3) is 4.19. The van der Waals surface area contributed by atoms with E-state index in [2.05, 4.69) is 6.92 Å². The molecule has 3 aromatic carbocycles. The summed E-state index contributed by atoms with van der Waals surface area (Å²) in [6.07, 6.45) is 0. The lowest BCUT2D eigenvalue weighted by molar-refractivity contribution is 0.117. The van der Waals surface area contributed by atoms with Crippen LogP contribution in [0.1, 0.15) is 25.0 Å². The van der Waals surface area contributed by atoms with Crippen molar-refractivity contribution in [2.45, 2.75) is 18.8 Å². The summed E-state index contributed by atoms with van der Waals surface area (Å²) in [5, 5.41) is 0.932. The van der Waals surface area contributed by atoms with E-state index in [1.54, 1.807) is 26.0 Å². The normalized spacial score (nSPS) is 16.7. The highest BCUT2D eigenvalue weighted by Gasteiger charge is 2.43. The maximum Gasteiger partial charge on any atom is 0.211 e. The zero-order chi connectivity index (χ0) is 21.8. The average Bonchev–Trinajstić information content (AvgIpc) is 2.82. The summed E-state index contributed by atoms with van der Waals surface area (Å²) in [6, 6.07) is 26.0. The minimum atomic E-state index is -0.782. The highest BCUT2D eigenvalue weighted by molar-refractivity contribution is 8.15. The first-order valence-corrected chi connectivity index (χ1v) is 10.9. The van der Waals surface area contributed by atoms with Gasteiger partial charge in [0.05, 0.1) is 19.9 Å². The summed E-state index contributed by atoms with van der Waals surface area (Å²) in [4.78, 5) is 4.17. The van der Waals surface area contributed by atoms with E-state index in [0.29, 0.717) is 0 Å². The Morgan fingerprint density at radius 2 is 1.26 bits per heavy atom. The van der Waals surface area contributed by atoms with Gasteiger partial charge in [0.25, 0.3) is 0 Å². The summed E-state index contributed by atoms with van der Waals surface area (Å²) < 4.78 is 17.4. The number of aliphatic imine (C=N–C) groups is 1. The quantitative estimate of drug-likeness (QED) is 0.451. The Bertz CT molecular complexity index is 1060. The number of allylic oxidation sites excluding steroid dienone is 1. The highest BCUT2D eigenvalue weighted by Crippen LogP contribution is 2.51. The minimum absolute atomic E-state index is 0.782. The third-order valence-corrected chi connectivity index (χ3v) is 6.75. The number of hydrogen-bond acceptors (Lipinski definition) is 5. The lowest BCUT2D eigenvalue weighted by Gasteiger charge is -2.39. The van der Waals surface area contributed by atoms with Crippen LogP contribution < -0.4 is 9.47 Å². The Kier molecular flexibility index (Phi) is 6.05. The molecule has 1 aliphatic heterocycles. The van der Waals surface area contributed by atoms with Crippen LogP contribution in [0.3, 0.4) is 0 Å². The number of thioether (sulfide) groups is 1. The maximum absolute atomic E-state index is 6.65. The van der Waals surface area contributed by atoms with E-state index in [0.717, 1.165) is 44.7 Å². The van der Waals surface area contributed by atoms with Gasteiger partial charge in [0.1, 0.15) is 22.3 Å². The zero-order valence-corrected chi connectivity index (χ0v) is 18.9. The van der Waals surface area contributed by atoms with Crippen LogP contribution in [0.4, 0.5) is 5.69 Å². The summed E-state index contributed by atoms with van der Waals surface area (Å²) >= 11 is 1.61. The molecule has 31 heavy (non-hydrogen) atoms. The monoisotopic (exact) mass is 431 g/mol. The van der Waals surface area contributed by atoms with Crippen molar-refractivity contribution in [1.82, 2.24) is 0 Å². The number of methoxy groups -OCH3 is 2. The molecule has 3 aromatic rings. The van der Waals surface area contributed by atoms with Crippen molar-refractivity contribution in [3.8, 4) is 11.5 Å². The molecule has 5 heteroatoms. The largest absolute Gasteiger partial charge is 0.497 e. The molecule has 0 radical (unpaired) electrons. The molecular formula is C26H25NO3S. The molecule has 1 aliphatic rings. The van der Waals surface area contributed by atoms with Gasteiger partial charge in [-0.2, -0.15) is 0 Å². The van der Waals surface area contributed by atoms with Crippen LogP contribution in [0.2, 0.25) is 0 Å². The molecule has 1 heterocycles. The van der Waals surface area contributed by atoms with Crippen molar-refractivity contribution in [3.63, 3.8) is 0 Å². The Balaban J connectivity index is 1.88. The second-order valence-corrected chi connectivity index (χ2v) is 8.38. The fourth-order valence-corrected chi connectivity index (χ4v) is 4.82. The molecule has 0 spiro atoms. The number of benzene rings is 3. The first-order valence-electron chi connectivity index (χ1n) is 10.0. The van der Waals surface area contributed by atoms with E-state index < -0.39 is 4.93 Å². The van der Waals surface area contributed by atoms with Crippen LogP contribution in [-0.4, -0.2) is 19.3 Å². The van der Waals surface area contributed by atoms with E-state index in [1.165, 1.54) is 0 Å². The molecule has 0 aromatic heterocycles. The predicted molar refractivity (Wildman–Crippen MR) is 127 cm³/mol. The number of rotatable bonds is 5. The van der Waals surface area contributed by atoms with E-state index >= 15 is 0 Å². The summed E-state index contributed by atoms with van der Waals surface area (Å²) in [5.74, 6) is 2.45. The van der Waals surface area contributed by atoms with E-state index in [9.17, 15) is 0 Å². The summed E-state index contributed by atoms with van der Waals surface area (Å²) in [7, 11) is 3.34. The third-order valence-electron chi connectivity index (χ3n) is 5.31. The fourth-order valence-electron chi connectivity index (χ4n) is 3.43. The molecule has 0 bridgehead atoms. The molecule has 0 atom stereocenters. The smallest absolute Gasteiger partial charge is 0.211 e. The lowest BCUT2D eigenvalue weighted by atomic mass is 9.99. The molecule has 0 saturated heterocycles. The van der Waals surface area contributed by atoms with E-state index in [-0.39, 0.29) is 0 Å². The molecule has 158 valence electrons. The molecule has 0 N–H and O–H groups in total. The number of nitrogens with zero attached hydrogens (tertiary/aromatic N) is 1. The SMILES string of the molecule is COc1ccc(C2(c3ccc(OC)cc3)OC(C)=C(C)C(=Nc3ccccc3)S2)cc1. The summed E-state index contributed by atoms with van der Waals surface area (Å²) in [5.41, 5.74) is 3.97. The molecular weight excluding hydrogens is 406 g/mol. The molecule has 0 unspecified atom stereocenters. The molecule has 0 aliphatic carbocycles. The minimum Gasteiger partial charge on any atom is -0.497 e. The molecule has 4 rings (SSSR count). The van der Waals surface area contributed by atoms with Gasteiger partial charge in [0.2, 0.25) is 4.93 Å². The van der Waals surface area contributed by atoms with Crippen LogP contribution in [0, 0.1) is 0 Å². The van der Waals surface area contributed by atoms with Gasteiger partial charge >= 0.3 is 0 Å². The molecule has 0 saturated carbocycles. The standard InChI is InChI=1S/C26H25NO3S/c1-18-19(2)30-26(20-10-14-23(28-3)15-11-20,21-12-16-24(29-4)17-13-21)31-25(18)27-22-8-6-5-7-9-22/h5-17H,1-4H3. The van der Waals surface area contributed by atoms with Crippen LogP contribution in [0.25, 0.3) is 0 Å². The van der Waals surface area contributed by atoms with Crippen LogP contribution in [0.5, 0.6) is 11.5 Å². The topological polar surface area (TPSA) is 40.0 Å². The molecule has 0 amide bonds.